The fraction of sp³-hybridized carbons (Fsp3) is 0.350. The van der Waals surface area contributed by atoms with Crippen LogP contribution >= 0.6 is 12.4 Å². The zero-order valence-electron chi connectivity index (χ0n) is 16.0. The number of hydrogen-bond donors (Lipinski definition) is 3. The zero-order chi connectivity index (χ0) is 19.4. The third-order valence-corrected chi connectivity index (χ3v) is 6.33. The first-order valence-electron chi connectivity index (χ1n) is 9.07. The maximum Gasteiger partial charge on any atom is 0.261 e. The Labute approximate surface area is 172 Å². The van der Waals surface area contributed by atoms with Crippen LogP contribution in [0.2, 0.25) is 0 Å². The molecule has 2 aromatic rings. The predicted molar refractivity (Wildman–Crippen MR) is 114 cm³/mol. The lowest BCUT2D eigenvalue weighted by molar-refractivity contribution is 0.0950. The van der Waals surface area contributed by atoms with E-state index in [2.05, 4.69) is 15.4 Å². The van der Waals surface area contributed by atoms with E-state index in [4.69, 9.17) is 0 Å². The normalized spacial score (nSPS) is 16.3. The number of hydrogen-bond acceptors (Lipinski definition) is 4. The molecule has 3 N–H and O–H groups in total. The van der Waals surface area contributed by atoms with Crippen LogP contribution in [0, 0.1) is 13.8 Å². The van der Waals surface area contributed by atoms with E-state index in [-0.39, 0.29) is 23.2 Å². The molecular formula is C20H26ClN3O3S. The molecule has 1 heterocycles. The number of benzene rings is 2. The summed E-state index contributed by atoms with van der Waals surface area (Å²) in [5.41, 5.74) is 2.90. The number of carbonyl (C=O) groups excluding carboxylic acids is 1. The Morgan fingerprint density at radius 2 is 1.86 bits per heavy atom. The summed E-state index contributed by atoms with van der Waals surface area (Å²) in [5, 5.41) is 6.21. The van der Waals surface area contributed by atoms with Crippen LogP contribution in [-0.2, 0) is 10.0 Å². The molecule has 0 bridgehead atoms. The number of rotatable bonds is 6. The molecule has 1 amide bonds. The summed E-state index contributed by atoms with van der Waals surface area (Å²) >= 11 is 0. The Morgan fingerprint density at radius 1 is 1.14 bits per heavy atom. The van der Waals surface area contributed by atoms with Gasteiger partial charge in [0.1, 0.15) is 0 Å². The summed E-state index contributed by atoms with van der Waals surface area (Å²) < 4.78 is 27.9. The van der Waals surface area contributed by atoms with Crippen LogP contribution in [0.15, 0.2) is 47.4 Å². The van der Waals surface area contributed by atoms with Gasteiger partial charge in [0, 0.05) is 18.2 Å². The quantitative estimate of drug-likeness (QED) is 0.666. The Balaban J connectivity index is 0.00000280. The lowest BCUT2D eigenvalue weighted by Crippen LogP contribution is -2.37. The van der Waals surface area contributed by atoms with Crippen LogP contribution < -0.4 is 15.4 Å². The number of amides is 1. The molecule has 0 aromatic heterocycles. The molecule has 1 aliphatic heterocycles. The van der Waals surface area contributed by atoms with E-state index in [0.29, 0.717) is 23.8 Å². The largest absolute Gasteiger partial charge is 0.350 e. The van der Waals surface area contributed by atoms with Crippen LogP contribution in [0.3, 0.4) is 0 Å². The molecule has 0 spiro atoms. The first kappa shape index (κ1) is 22.2. The number of anilines is 1. The van der Waals surface area contributed by atoms with Crippen molar-refractivity contribution in [3.63, 3.8) is 0 Å². The molecule has 8 heteroatoms. The van der Waals surface area contributed by atoms with Crippen molar-refractivity contribution in [2.75, 3.05) is 17.8 Å². The lowest BCUT2D eigenvalue weighted by atomic mass is 10.1. The molecule has 1 aliphatic rings. The van der Waals surface area contributed by atoms with Crippen LogP contribution in [-0.4, -0.2) is 33.5 Å². The smallest absolute Gasteiger partial charge is 0.261 e. The second-order valence-electron chi connectivity index (χ2n) is 6.88. The van der Waals surface area contributed by atoms with E-state index in [1.165, 1.54) is 24.3 Å². The monoisotopic (exact) mass is 423 g/mol. The van der Waals surface area contributed by atoms with Gasteiger partial charge in [0.25, 0.3) is 15.9 Å². The van der Waals surface area contributed by atoms with E-state index in [0.717, 1.165) is 30.5 Å². The topological polar surface area (TPSA) is 87.3 Å². The van der Waals surface area contributed by atoms with Gasteiger partial charge in [0.05, 0.1) is 10.6 Å². The zero-order valence-corrected chi connectivity index (χ0v) is 17.6. The minimum Gasteiger partial charge on any atom is -0.350 e. The van der Waals surface area contributed by atoms with E-state index < -0.39 is 10.0 Å². The van der Waals surface area contributed by atoms with Crippen molar-refractivity contribution in [2.24, 2.45) is 0 Å². The van der Waals surface area contributed by atoms with Gasteiger partial charge in [0.2, 0.25) is 0 Å². The Morgan fingerprint density at radius 3 is 2.50 bits per heavy atom. The first-order chi connectivity index (χ1) is 12.9. The van der Waals surface area contributed by atoms with E-state index in [9.17, 15) is 13.2 Å². The van der Waals surface area contributed by atoms with Crippen molar-refractivity contribution >= 4 is 34.0 Å². The summed E-state index contributed by atoms with van der Waals surface area (Å²) in [4.78, 5) is 12.4. The maximum absolute atomic E-state index is 12.6. The van der Waals surface area contributed by atoms with Gasteiger partial charge in [-0.1, -0.05) is 12.1 Å². The third-order valence-electron chi connectivity index (χ3n) is 4.95. The number of carbonyl (C=O) groups is 1. The minimum absolute atomic E-state index is 0. The fourth-order valence-electron chi connectivity index (χ4n) is 3.10. The lowest BCUT2D eigenvalue weighted by Gasteiger charge is -2.13. The molecule has 28 heavy (non-hydrogen) atoms. The van der Waals surface area contributed by atoms with Crippen LogP contribution in [0.4, 0.5) is 5.69 Å². The summed E-state index contributed by atoms with van der Waals surface area (Å²) in [6.45, 7) is 5.37. The Hall–Kier alpha value is -2.09. The molecular weight excluding hydrogens is 398 g/mol. The van der Waals surface area contributed by atoms with E-state index in [1.807, 2.05) is 26.0 Å². The highest BCUT2D eigenvalue weighted by atomic mass is 35.5. The molecule has 2 aromatic carbocycles. The van der Waals surface area contributed by atoms with E-state index in [1.54, 1.807) is 6.07 Å². The van der Waals surface area contributed by atoms with Crippen molar-refractivity contribution in [3.8, 4) is 0 Å². The standard InChI is InChI=1S/C20H25N3O3S.ClH/c1-14-5-3-7-19(15(14)2)23-27(25,26)18-10-8-16(9-11-18)20(24)22-13-17-6-4-12-21-17;/h3,5,7-11,17,21,23H,4,6,12-13H2,1-2H3,(H,22,24);1H. The van der Waals surface area contributed by atoms with Crippen molar-refractivity contribution in [2.45, 2.75) is 37.6 Å². The molecule has 1 saturated heterocycles. The van der Waals surface area contributed by atoms with Crippen LogP contribution in [0.25, 0.3) is 0 Å². The molecule has 1 fully saturated rings. The van der Waals surface area contributed by atoms with Crippen molar-refractivity contribution < 1.29 is 13.2 Å². The third kappa shape index (κ3) is 5.25. The summed E-state index contributed by atoms with van der Waals surface area (Å²) in [6.07, 6.45) is 2.18. The highest BCUT2D eigenvalue weighted by Gasteiger charge is 2.18. The van der Waals surface area contributed by atoms with Crippen LogP contribution in [0.5, 0.6) is 0 Å². The van der Waals surface area contributed by atoms with Crippen molar-refractivity contribution in [3.05, 3.63) is 59.2 Å². The number of aryl methyl sites for hydroxylation is 1. The molecule has 0 aliphatic carbocycles. The van der Waals surface area contributed by atoms with Crippen LogP contribution in [0.1, 0.15) is 34.3 Å². The fourth-order valence-corrected chi connectivity index (χ4v) is 4.22. The highest BCUT2D eigenvalue weighted by Crippen LogP contribution is 2.22. The van der Waals surface area contributed by atoms with Crippen molar-refractivity contribution in [1.29, 1.82) is 0 Å². The summed E-state index contributed by atoms with van der Waals surface area (Å²) in [6, 6.07) is 11.8. The molecule has 152 valence electrons. The van der Waals surface area contributed by atoms with Gasteiger partial charge in [-0.05, 0) is 74.7 Å². The Bertz CT molecular complexity index is 924. The second kappa shape index (κ2) is 9.41. The van der Waals surface area contributed by atoms with Gasteiger partial charge in [-0.2, -0.15) is 0 Å². The average Bonchev–Trinajstić information content (AvgIpc) is 3.17. The van der Waals surface area contributed by atoms with Gasteiger partial charge in [-0.15, -0.1) is 12.4 Å². The summed E-state index contributed by atoms with van der Waals surface area (Å²) in [5.74, 6) is -0.199. The molecule has 1 atom stereocenters. The molecule has 0 radical (unpaired) electrons. The van der Waals surface area contributed by atoms with Crippen molar-refractivity contribution in [1.82, 2.24) is 10.6 Å². The van der Waals surface area contributed by atoms with Gasteiger partial charge < -0.3 is 10.6 Å². The molecule has 1 unspecified atom stereocenters. The molecule has 6 nitrogen and oxygen atoms in total. The maximum atomic E-state index is 12.6. The number of nitrogens with one attached hydrogen (secondary N) is 3. The van der Waals surface area contributed by atoms with Gasteiger partial charge in [-0.25, -0.2) is 8.42 Å². The van der Waals surface area contributed by atoms with Gasteiger partial charge in [-0.3, -0.25) is 9.52 Å². The SMILES string of the molecule is Cc1cccc(NS(=O)(=O)c2ccc(C(=O)NCC3CCCN3)cc2)c1C.Cl. The molecule has 3 rings (SSSR count). The number of halogens is 1. The average molecular weight is 424 g/mol. The summed E-state index contributed by atoms with van der Waals surface area (Å²) in [7, 11) is -3.71. The minimum atomic E-state index is -3.71. The highest BCUT2D eigenvalue weighted by molar-refractivity contribution is 7.92. The van der Waals surface area contributed by atoms with Gasteiger partial charge in [0.15, 0.2) is 0 Å². The Kier molecular flexibility index (Phi) is 7.46. The van der Waals surface area contributed by atoms with E-state index >= 15 is 0 Å². The number of sulfonamides is 1. The predicted octanol–water partition coefficient (Wildman–Crippen LogP) is 3.01. The molecule has 0 saturated carbocycles. The second-order valence-corrected chi connectivity index (χ2v) is 8.56. The van der Waals surface area contributed by atoms with Gasteiger partial charge >= 0.3 is 0 Å². The first-order valence-corrected chi connectivity index (χ1v) is 10.6.